The van der Waals surface area contributed by atoms with Gasteiger partial charge >= 0.3 is 0 Å². The first-order chi connectivity index (χ1) is 12.5. The van der Waals surface area contributed by atoms with E-state index in [-0.39, 0.29) is 11.6 Å². The fourth-order valence-electron chi connectivity index (χ4n) is 2.93. The third kappa shape index (κ3) is 4.46. The SMILES string of the molecule is Cc1nn(-c2ccc(F)cc2F)c(C)c1CNCCCC(=O)NC1CC1. The van der Waals surface area contributed by atoms with Crippen molar-refractivity contribution in [2.75, 3.05) is 6.54 Å². The van der Waals surface area contributed by atoms with Gasteiger partial charge in [-0.15, -0.1) is 0 Å². The van der Waals surface area contributed by atoms with Crippen LogP contribution in [0.25, 0.3) is 5.69 Å². The second-order valence-electron chi connectivity index (χ2n) is 6.78. The molecule has 3 rings (SSSR count). The van der Waals surface area contributed by atoms with Gasteiger partial charge in [0, 0.05) is 36.3 Å². The van der Waals surface area contributed by atoms with Crippen molar-refractivity contribution in [3.8, 4) is 5.69 Å². The Morgan fingerprint density at radius 1 is 1.31 bits per heavy atom. The fourth-order valence-corrected chi connectivity index (χ4v) is 2.93. The molecule has 26 heavy (non-hydrogen) atoms. The standard InChI is InChI=1S/C19H24F2N4O/c1-12-16(11-22-9-3-4-19(26)23-15-6-7-15)13(2)25(24-12)18-8-5-14(20)10-17(18)21/h5,8,10,15,22H,3-4,6-7,9,11H2,1-2H3,(H,23,26). The normalized spacial score (nSPS) is 13.8. The molecule has 0 bridgehead atoms. The highest BCUT2D eigenvalue weighted by Gasteiger charge is 2.22. The lowest BCUT2D eigenvalue weighted by molar-refractivity contribution is -0.121. The van der Waals surface area contributed by atoms with Crippen molar-refractivity contribution in [1.29, 1.82) is 0 Å². The number of aromatic nitrogens is 2. The third-order valence-corrected chi connectivity index (χ3v) is 4.58. The molecule has 1 fully saturated rings. The smallest absolute Gasteiger partial charge is 0.220 e. The van der Waals surface area contributed by atoms with Crippen LogP contribution in [0.5, 0.6) is 0 Å². The topological polar surface area (TPSA) is 59.0 Å². The molecule has 1 saturated carbocycles. The minimum absolute atomic E-state index is 0.112. The summed E-state index contributed by atoms with van der Waals surface area (Å²) in [4.78, 5) is 11.6. The largest absolute Gasteiger partial charge is 0.353 e. The highest BCUT2D eigenvalue weighted by molar-refractivity contribution is 5.76. The Kier molecular flexibility index (Phi) is 5.66. The maximum Gasteiger partial charge on any atom is 0.220 e. The van der Waals surface area contributed by atoms with Crippen LogP contribution in [0.1, 0.15) is 42.6 Å². The van der Waals surface area contributed by atoms with Crippen molar-refractivity contribution in [2.24, 2.45) is 0 Å². The number of carbonyl (C=O) groups excluding carboxylic acids is 1. The maximum absolute atomic E-state index is 14.0. The molecule has 1 aliphatic carbocycles. The lowest BCUT2D eigenvalue weighted by Crippen LogP contribution is -2.26. The average molecular weight is 362 g/mol. The number of aryl methyl sites for hydroxylation is 1. The summed E-state index contributed by atoms with van der Waals surface area (Å²) in [6.45, 7) is 5.03. The summed E-state index contributed by atoms with van der Waals surface area (Å²) < 4.78 is 28.6. The molecule has 140 valence electrons. The van der Waals surface area contributed by atoms with Crippen molar-refractivity contribution in [1.82, 2.24) is 20.4 Å². The Labute approximate surface area is 151 Å². The van der Waals surface area contributed by atoms with Gasteiger partial charge in [0.15, 0.2) is 5.82 Å². The zero-order valence-corrected chi connectivity index (χ0v) is 15.1. The summed E-state index contributed by atoms with van der Waals surface area (Å²) in [5, 5.41) is 10.7. The van der Waals surface area contributed by atoms with Gasteiger partial charge in [0.25, 0.3) is 0 Å². The molecule has 2 aromatic rings. The van der Waals surface area contributed by atoms with Crippen LogP contribution in [-0.2, 0) is 11.3 Å². The molecule has 7 heteroatoms. The van der Waals surface area contributed by atoms with Gasteiger partial charge in [0.1, 0.15) is 11.5 Å². The van der Waals surface area contributed by atoms with Crippen LogP contribution in [0, 0.1) is 25.5 Å². The molecule has 1 aliphatic rings. The number of benzene rings is 1. The molecular weight excluding hydrogens is 338 g/mol. The molecule has 0 aliphatic heterocycles. The number of hydrogen-bond donors (Lipinski definition) is 2. The Morgan fingerprint density at radius 2 is 2.08 bits per heavy atom. The number of amides is 1. The van der Waals surface area contributed by atoms with E-state index in [2.05, 4.69) is 15.7 Å². The van der Waals surface area contributed by atoms with Gasteiger partial charge in [0.2, 0.25) is 5.91 Å². The Hall–Kier alpha value is -2.28. The van der Waals surface area contributed by atoms with E-state index in [1.54, 1.807) is 0 Å². The summed E-state index contributed by atoms with van der Waals surface area (Å²) in [6.07, 6.45) is 3.47. The third-order valence-electron chi connectivity index (χ3n) is 4.58. The molecule has 1 aromatic heterocycles. The molecular formula is C19H24F2N4O. The maximum atomic E-state index is 14.0. The van der Waals surface area contributed by atoms with Gasteiger partial charge in [-0.25, -0.2) is 13.5 Å². The Balaban J connectivity index is 1.55. The van der Waals surface area contributed by atoms with E-state index in [1.807, 2.05) is 13.8 Å². The zero-order chi connectivity index (χ0) is 18.7. The average Bonchev–Trinajstić information content (AvgIpc) is 3.35. The molecule has 0 unspecified atom stereocenters. The van der Waals surface area contributed by atoms with Crippen molar-refractivity contribution >= 4 is 5.91 Å². The number of halogens is 2. The molecule has 5 nitrogen and oxygen atoms in total. The van der Waals surface area contributed by atoms with E-state index in [4.69, 9.17) is 0 Å². The van der Waals surface area contributed by atoms with E-state index >= 15 is 0 Å². The van der Waals surface area contributed by atoms with Crippen molar-refractivity contribution in [2.45, 2.75) is 52.1 Å². The first kappa shape index (κ1) is 18.5. The summed E-state index contributed by atoms with van der Waals surface area (Å²) in [5.74, 6) is -1.14. The van der Waals surface area contributed by atoms with Crippen LogP contribution in [0.15, 0.2) is 18.2 Å². The van der Waals surface area contributed by atoms with Crippen molar-refractivity contribution in [3.63, 3.8) is 0 Å². The Morgan fingerprint density at radius 3 is 2.77 bits per heavy atom. The van der Waals surface area contributed by atoms with Gasteiger partial charge < -0.3 is 10.6 Å². The van der Waals surface area contributed by atoms with Crippen LogP contribution >= 0.6 is 0 Å². The van der Waals surface area contributed by atoms with E-state index in [0.717, 1.165) is 42.3 Å². The van der Waals surface area contributed by atoms with Gasteiger partial charge in [-0.1, -0.05) is 0 Å². The highest BCUT2D eigenvalue weighted by atomic mass is 19.1. The van der Waals surface area contributed by atoms with Gasteiger partial charge in [-0.3, -0.25) is 4.79 Å². The number of nitrogens with one attached hydrogen (secondary N) is 2. The van der Waals surface area contributed by atoms with E-state index in [9.17, 15) is 13.6 Å². The van der Waals surface area contributed by atoms with Crippen LogP contribution < -0.4 is 10.6 Å². The van der Waals surface area contributed by atoms with Crippen LogP contribution in [-0.4, -0.2) is 28.3 Å². The quantitative estimate of drug-likeness (QED) is 0.710. The predicted octanol–water partition coefficient (Wildman–Crippen LogP) is 2.92. The first-order valence-corrected chi connectivity index (χ1v) is 8.96. The fraction of sp³-hybridized carbons (Fsp3) is 0.474. The van der Waals surface area contributed by atoms with E-state index in [0.29, 0.717) is 25.6 Å². The molecule has 2 N–H and O–H groups in total. The summed E-state index contributed by atoms with van der Waals surface area (Å²) >= 11 is 0. The minimum atomic E-state index is -0.642. The highest BCUT2D eigenvalue weighted by Crippen LogP contribution is 2.21. The second kappa shape index (κ2) is 7.95. The molecule has 1 amide bonds. The molecule has 1 aromatic carbocycles. The van der Waals surface area contributed by atoms with Crippen molar-refractivity contribution in [3.05, 3.63) is 46.8 Å². The minimum Gasteiger partial charge on any atom is -0.353 e. The number of rotatable bonds is 8. The second-order valence-corrected chi connectivity index (χ2v) is 6.78. The van der Waals surface area contributed by atoms with Crippen LogP contribution in [0.3, 0.4) is 0 Å². The summed E-state index contributed by atoms with van der Waals surface area (Å²) in [6, 6.07) is 3.87. The molecule has 0 atom stereocenters. The number of carbonyl (C=O) groups is 1. The summed E-state index contributed by atoms with van der Waals surface area (Å²) in [7, 11) is 0. The molecule has 0 saturated heterocycles. The summed E-state index contributed by atoms with van der Waals surface area (Å²) in [5.41, 5.74) is 2.82. The van der Waals surface area contributed by atoms with Crippen molar-refractivity contribution < 1.29 is 13.6 Å². The van der Waals surface area contributed by atoms with Crippen LogP contribution in [0.4, 0.5) is 8.78 Å². The lowest BCUT2D eigenvalue weighted by Gasteiger charge is -2.08. The van der Waals surface area contributed by atoms with Gasteiger partial charge in [-0.2, -0.15) is 5.10 Å². The predicted molar refractivity (Wildman–Crippen MR) is 95.1 cm³/mol. The molecule has 1 heterocycles. The lowest BCUT2D eigenvalue weighted by atomic mass is 10.2. The van der Waals surface area contributed by atoms with Gasteiger partial charge in [0.05, 0.1) is 5.69 Å². The van der Waals surface area contributed by atoms with Crippen LogP contribution in [0.2, 0.25) is 0 Å². The first-order valence-electron chi connectivity index (χ1n) is 8.96. The Bertz CT molecular complexity index is 799. The van der Waals surface area contributed by atoms with E-state index in [1.165, 1.54) is 16.8 Å². The van der Waals surface area contributed by atoms with E-state index < -0.39 is 11.6 Å². The monoisotopic (exact) mass is 362 g/mol. The zero-order valence-electron chi connectivity index (χ0n) is 15.1. The number of nitrogens with zero attached hydrogens (tertiary/aromatic N) is 2. The molecule has 0 radical (unpaired) electrons. The van der Waals surface area contributed by atoms with Gasteiger partial charge in [-0.05, 0) is 51.8 Å². The number of hydrogen-bond acceptors (Lipinski definition) is 3. The molecule has 0 spiro atoms.